The third-order valence-electron chi connectivity index (χ3n) is 21.9. The van der Waals surface area contributed by atoms with Crippen LogP contribution in [0.15, 0.2) is 370 Å². The third kappa shape index (κ3) is 34.5. The van der Waals surface area contributed by atoms with Gasteiger partial charge in [-0.3, -0.25) is 0 Å². The fourth-order valence-electron chi connectivity index (χ4n) is 14.9. The summed E-state index contributed by atoms with van der Waals surface area (Å²) in [6, 6.07) is 121. The van der Waals surface area contributed by atoms with Gasteiger partial charge in [0.1, 0.15) is 179 Å². The lowest BCUT2D eigenvalue weighted by molar-refractivity contribution is -0.0866. The number of ether oxygens (including phenoxy) is 21. The van der Waals surface area contributed by atoms with Crippen LogP contribution in [0.5, 0.6) is 80.5 Å². The molecule has 1 heterocycles. The highest BCUT2D eigenvalue weighted by Crippen LogP contribution is 2.36. The zero-order valence-corrected chi connectivity index (χ0v) is 78.0. The Morgan fingerprint density at radius 3 is 0.468 bits per heavy atom. The number of hydrogen-bond donors (Lipinski definition) is 0. The van der Waals surface area contributed by atoms with Crippen LogP contribution in [-0.2, 0) is 132 Å². The monoisotopic (exact) mass is 1870 g/mol. The first-order chi connectivity index (χ1) is 68.7. The van der Waals surface area contributed by atoms with E-state index in [4.69, 9.17) is 99.5 Å². The molecule has 0 aromatic heterocycles. The minimum atomic E-state index is -0.466. The molecule has 15 aromatic carbocycles. The van der Waals surface area contributed by atoms with Crippen LogP contribution in [0, 0.1) is 0 Å². The maximum Gasteiger partial charge on any atom is 0.123 e. The van der Waals surface area contributed by atoms with Crippen LogP contribution in [0.3, 0.4) is 0 Å². The summed E-state index contributed by atoms with van der Waals surface area (Å²) in [5.74, 6) is 7.95. The van der Waals surface area contributed by atoms with Crippen LogP contribution in [0.25, 0.3) is 0 Å². The highest BCUT2D eigenvalue weighted by atomic mass is 16.6. The van der Waals surface area contributed by atoms with Crippen LogP contribution in [-0.4, -0.2) is 85.4 Å². The smallest absolute Gasteiger partial charge is 0.123 e. The molecular formula is C118H116O21. The van der Waals surface area contributed by atoms with Gasteiger partial charge in [0.2, 0.25) is 0 Å². The summed E-state index contributed by atoms with van der Waals surface area (Å²) in [4.78, 5) is 0. The molecule has 0 radical (unpaired) electrons. The Labute approximate surface area is 813 Å². The normalized spacial score (nSPS) is 13.3. The second kappa shape index (κ2) is 54.2. The van der Waals surface area contributed by atoms with Gasteiger partial charge in [-0.2, -0.15) is 0 Å². The maximum atomic E-state index is 7.00. The molecular weight excluding hydrogens is 1750 g/mol. The molecule has 0 N–H and O–H groups in total. The molecule has 1 fully saturated rings. The molecule has 0 saturated carbocycles. The molecule has 0 bridgehead atoms. The van der Waals surface area contributed by atoms with Crippen molar-refractivity contribution in [2.45, 2.75) is 105 Å². The zero-order valence-electron chi connectivity index (χ0n) is 78.0. The van der Waals surface area contributed by atoms with Crippen molar-refractivity contribution in [1.82, 2.24) is 0 Å². The van der Waals surface area contributed by atoms with E-state index in [0.29, 0.717) is 199 Å². The fraction of sp³-hybridized carbons (Fsp3) is 0.237. The molecule has 21 nitrogen and oxygen atoms in total. The van der Waals surface area contributed by atoms with Crippen molar-refractivity contribution in [3.05, 3.63) is 454 Å². The fourth-order valence-corrected chi connectivity index (χ4v) is 14.9. The standard InChI is InChI=1S/C118H116O21/c1-9-25-89(26-10-1)73-126-106-53-98(54-107(66-106)127-74-90-27-11-2-12-28-90)83-136-114-61-102(62-115(70-114)137-84-99-55-108(128-75-91-29-13-3-14-30-91)67-109(56-99)129-76-92-31-15-4-16-32-92)81-134-104-51-97(72-124-88-118-87-123-48-47-121-44-43-119-41-42-120-45-46-122-49-50-125-118)52-105(65-104)135-82-103-63-116(138-85-100-57-110(130-77-93-33-17-5-18-34-93)68-111(58-100)131-78-94-35-19-6-20-36-94)71-117(64-103)139-86-101-59-112(132-79-95-37-21-7-22-38-95)69-113(60-101)133-80-96-39-23-8-24-40-96/h1-40,51-71,118H,41-50,72-88H2. The Kier molecular flexibility index (Phi) is 38.0. The second-order valence-corrected chi connectivity index (χ2v) is 33.1. The molecule has 1 aliphatic rings. The molecule has 0 amide bonds. The molecule has 139 heavy (non-hydrogen) atoms. The van der Waals surface area contributed by atoms with Crippen LogP contribution < -0.4 is 66.3 Å². The van der Waals surface area contributed by atoms with Crippen LogP contribution in [0.1, 0.15) is 83.5 Å². The summed E-state index contributed by atoms with van der Waals surface area (Å²) in [6.07, 6.45) is -0.466. The highest BCUT2D eigenvalue weighted by molar-refractivity contribution is 5.47. The van der Waals surface area contributed by atoms with Gasteiger partial charge in [0.05, 0.1) is 85.9 Å². The van der Waals surface area contributed by atoms with Crippen molar-refractivity contribution in [3.63, 3.8) is 0 Å². The Morgan fingerprint density at radius 2 is 0.295 bits per heavy atom. The molecule has 0 spiro atoms. The first-order valence-electron chi connectivity index (χ1n) is 46.9. The lowest BCUT2D eigenvalue weighted by Gasteiger charge is -2.19. The first-order valence-corrected chi connectivity index (χ1v) is 46.9. The average molecular weight is 1870 g/mol. The van der Waals surface area contributed by atoms with Crippen molar-refractivity contribution in [3.8, 4) is 80.5 Å². The Morgan fingerprint density at radius 1 is 0.151 bits per heavy atom. The Hall–Kier alpha value is -14.8. The summed E-state index contributed by atoms with van der Waals surface area (Å²) in [7, 11) is 0. The molecule has 16 rings (SSSR count). The van der Waals surface area contributed by atoms with E-state index in [9.17, 15) is 0 Å². The van der Waals surface area contributed by atoms with Gasteiger partial charge in [-0.1, -0.05) is 243 Å². The van der Waals surface area contributed by atoms with Gasteiger partial charge in [0.15, 0.2) is 0 Å². The van der Waals surface area contributed by atoms with Crippen LogP contribution >= 0.6 is 0 Å². The average Bonchev–Trinajstić information content (AvgIpc) is 0.827. The molecule has 1 aliphatic heterocycles. The Bertz CT molecular complexity index is 5200. The predicted octanol–water partition coefficient (Wildman–Crippen LogP) is 23.8. The number of rotatable bonds is 46. The van der Waals surface area contributed by atoms with E-state index < -0.39 is 6.10 Å². The second-order valence-electron chi connectivity index (χ2n) is 33.1. The van der Waals surface area contributed by atoms with Crippen molar-refractivity contribution in [1.29, 1.82) is 0 Å². The van der Waals surface area contributed by atoms with Crippen molar-refractivity contribution in [2.75, 3.05) is 79.3 Å². The van der Waals surface area contributed by atoms with Gasteiger partial charge in [-0.15, -0.1) is 0 Å². The Balaban J connectivity index is 0.708. The number of hydrogen-bond acceptors (Lipinski definition) is 21. The quantitative estimate of drug-likeness (QED) is 0.0349. The van der Waals surface area contributed by atoms with Gasteiger partial charge < -0.3 is 99.5 Å². The minimum absolute atomic E-state index is 0.0432. The lowest BCUT2D eigenvalue weighted by Crippen LogP contribution is -2.28. The van der Waals surface area contributed by atoms with Gasteiger partial charge >= 0.3 is 0 Å². The molecule has 1 atom stereocenters. The summed E-state index contributed by atoms with van der Waals surface area (Å²) < 4.78 is 136. The maximum absolute atomic E-state index is 7.00. The topological polar surface area (TPSA) is 194 Å². The lowest BCUT2D eigenvalue weighted by atomic mass is 10.1. The van der Waals surface area contributed by atoms with E-state index in [2.05, 4.69) is 0 Å². The molecule has 1 saturated heterocycles. The van der Waals surface area contributed by atoms with E-state index in [1.54, 1.807) is 0 Å². The molecule has 1 unspecified atom stereocenters. The van der Waals surface area contributed by atoms with Gasteiger partial charge in [0.25, 0.3) is 0 Å². The summed E-state index contributed by atoms with van der Waals surface area (Å²) in [5.41, 5.74) is 13.6. The van der Waals surface area contributed by atoms with Crippen molar-refractivity contribution < 1.29 is 99.5 Å². The predicted molar refractivity (Wildman–Crippen MR) is 531 cm³/mol. The largest absolute Gasteiger partial charge is 0.489 e. The molecule has 0 aliphatic carbocycles. The van der Waals surface area contributed by atoms with E-state index in [1.807, 2.05) is 370 Å². The number of benzene rings is 15. The van der Waals surface area contributed by atoms with Crippen molar-refractivity contribution in [2.24, 2.45) is 0 Å². The van der Waals surface area contributed by atoms with Gasteiger partial charge in [-0.05, 0) is 168 Å². The van der Waals surface area contributed by atoms with E-state index in [0.717, 1.165) is 83.5 Å². The van der Waals surface area contributed by atoms with Crippen molar-refractivity contribution >= 4 is 0 Å². The highest BCUT2D eigenvalue weighted by Gasteiger charge is 2.19. The summed E-state index contributed by atoms with van der Waals surface area (Å²) in [6.45, 7) is 7.90. The van der Waals surface area contributed by atoms with E-state index in [1.165, 1.54) is 0 Å². The first kappa shape index (κ1) is 97.3. The van der Waals surface area contributed by atoms with E-state index >= 15 is 0 Å². The zero-order chi connectivity index (χ0) is 94.4. The van der Waals surface area contributed by atoms with E-state index in [-0.39, 0.29) is 59.5 Å². The minimum Gasteiger partial charge on any atom is -0.489 e. The van der Waals surface area contributed by atoms with Crippen LogP contribution in [0.2, 0.25) is 0 Å². The van der Waals surface area contributed by atoms with Gasteiger partial charge in [-0.25, -0.2) is 0 Å². The summed E-state index contributed by atoms with van der Waals surface area (Å²) >= 11 is 0. The molecule has 21 heteroatoms. The molecule has 15 aromatic rings. The third-order valence-corrected chi connectivity index (χ3v) is 21.9. The summed E-state index contributed by atoms with van der Waals surface area (Å²) in [5, 5.41) is 0. The van der Waals surface area contributed by atoms with Crippen LogP contribution in [0.4, 0.5) is 0 Å². The SMILES string of the molecule is c1ccc(COc2cc(COc3cc(COc4cc(COCC5COCCOCCOCCOCCOCCO5)cc(OCc5cc(OCc6cc(OCc7ccccc7)cc(OCc7ccccc7)c6)cc(OCc6cc(OCc7ccccc7)cc(OCc7ccccc7)c6)c5)c4)cc(OCc4cc(OCc5ccccc5)cc(OCc5ccccc5)c4)c3)cc(OCc3ccccc3)c2)cc1. The molecule has 714 valence electrons. The van der Waals surface area contributed by atoms with Gasteiger partial charge in [0, 0.05) is 42.5 Å².